The third-order valence-electron chi connectivity index (χ3n) is 4.96. The molecule has 0 saturated carbocycles. The van der Waals surface area contributed by atoms with Crippen molar-refractivity contribution >= 4 is 17.9 Å². The van der Waals surface area contributed by atoms with E-state index >= 15 is 0 Å². The lowest BCUT2D eigenvalue weighted by molar-refractivity contribution is -0.133. The summed E-state index contributed by atoms with van der Waals surface area (Å²) in [5.41, 5.74) is 1.75. The van der Waals surface area contributed by atoms with Crippen molar-refractivity contribution in [1.82, 2.24) is 14.7 Å². The average Bonchev–Trinajstić information content (AvgIpc) is 3.13. The van der Waals surface area contributed by atoms with E-state index in [1.807, 2.05) is 24.3 Å². The number of fused-ring (bicyclic) bond motifs is 2. The van der Waals surface area contributed by atoms with Gasteiger partial charge in [-0.15, -0.1) is 0 Å². The molecule has 3 aliphatic rings. The largest absolute Gasteiger partial charge is 0.447 e. The second kappa shape index (κ2) is 5.81. The van der Waals surface area contributed by atoms with Crippen LogP contribution in [0.3, 0.4) is 0 Å². The number of hydrogen-bond donors (Lipinski definition) is 0. The minimum atomic E-state index is -0.285. The minimum absolute atomic E-state index is 0.00184. The van der Waals surface area contributed by atoms with E-state index in [0.717, 1.165) is 11.1 Å². The number of piperazine rings is 1. The molecule has 126 valence electrons. The molecule has 0 radical (unpaired) electrons. The van der Waals surface area contributed by atoms with Gasteiger partial charge in [-0.25, -0.2) is 4.79 Å². The molecule has 4 rings (SSSR count). The molecular formula is C17H19N3O4. The van der Waals surface area contributed by atoms with Crippen LogP contribution in [0.1, 0.15) is 22.3 Å². The van der Waals surface area contributed by atoms with Gasteiger partial charge in [-0.1, -0.05) is 18.2 Å². The van der Waals surface area contributed by atoms with Crippen LogP contribution in [-0.4, -0.2) is 71.4 Å². The van der Waals surface area contributed by atoms with Gasteiger partial charge in [0.1, 0.15) is 6.61 Å². The number of nitrogens with zero attached hydrogens (tertiary/aromatic N) is 3. The van der Waals surface area contributed by atoms with Gasteiger partial charge in [-0.05, 0) is 11.6 Å². The van der Waals surface area contributed by atoms with Gasteiger partial charge in [-0.2, -0.15) is 0 Å². The maximum Gasteiger partial charge on any atom is 0.410 e. The molecule has 0 aliphatic carbocycles. The Morgan fingerprint density at radius 2 is 2.04 bits per heavy atom. The van der Waals surface area contributed by atoms with Crippen molar-refractivity contribution in [2.24, 2.45) is 0 Å². The van der Waals surface area contributed by atoms with Crippen molar-refractivity contribution in [3.63, 3.8) is 0 Å². The first kappa shape index (κ1) is 15.0. The molecule has 1 atom stereocenters. The maximum atomic E-state index is 12.4. The summed E-state index contributed by atoms with van der Waals surface area (Å²) in [6.45, 7) is 2.90. The Morgan fingerprint density at radius 1 is 1.21 bits per heavy atom. The smallest absolute Gasteiger partial charge is 0.410 e. The van der Waals surface area contributed by atoms with Gasteiger partial charge in [0.2, 0.25) is 5.91 Å². The molecule has 3 amide bonds. The van der Waals surface area contributed by atoms with E-state index in [1.54, 1.807) is 14.7 Å². The van der Waals surface area contributed by atoms with Gasteiger partial charge in [0, 0.05) is 44.7 Å². The van der Waals surface area contributed by atoms with E-state index in [0.29, 0.717) is 45.8 Å². The van der Waals surface area contributed by atoms with Crippen LogP contribution in [0.25, 0.3) is 0 Å². The fourth-order valence-corrected chi connectivity index (χ4v) is 3.60. The summed E-state index contributed by atoms with van der Waals surface area (Å²) in [6, 6.07) is 7.52. The lowest BCUT2D eigenvalue weighted by atomic mass is 10.1. The first-order valence-electron chi connectivity index (χ1n) is 8.22. The molecule has 2 fully saturated rings. The Balaban J connectivity index is 1.32. The number of hydrogen-bond acceptors (Lipinski definition) is 4. The zero-order valence-electron chi connectivity index (χ0n) is 13.3. The maximum absolute atomic E-state index is 12.4. The molecule has 0 spiro atoms. The van der Waals surface area contributed by atoms with E-state index in [-0.39, 0.29) is 23.9 Å². The number of carbonyl (C=O) groups excluding carboxylic acids is 3. The van der Waals surface area contributed by atoms with Crippen molar-refractivity contribution in [2.45, 2.75) is 19.0 Å². The van der Waals surface area contributed by atoms with Gasteiger partial charge < -0.3 is 14.5 Å². The van der Waals surface area contributed by atoms with E-state index < -0.39 is 0 Å². The summed E-state index contributed by atoms with van der Waals surface area (Å²) in [5.74, 6) is 0.0239. The predicted molar refractivity (Wildman–Crippen MR) is 84.2 cm³/mol. The topological polar surface area (TPSA) is 70.2 Å². The SMILES string of the molecule is O=C(CCN1Cc2ccccc2C1=O)N1CCN2C(=O)OC[C@@H]2C1. The minimum Gasteiger partial charge on any atom is -0.447 e. The van der Waals surface area contributed by atoms with Crippen LogP contribution in [0, 0.1) is 0 Å². The summed E-state index contributed by atoms with van der Waals surface area (Å²) in [6.07, 6.45) is 0.0221. The third kappa shape index (κ3) is 2.50. The first-order valence-corrected chi connectivity index (χ1v) is 8.22. The standard InChI is InChI=1S/C17H19N3O4/c21-15(18-7-8-20-13(10-18)11-24-17(20)23)5-6-19-9-12-3-1-2-4-14(12)16(19)22/h1-4,13H,5-11H2/t13-/m0/s1. The van der Waals surface area contributed by atoms with Crippen molar-refractivity contribution in [1.29, 1.82) is 0 Å². The molecule has 24 heavy (non-hydrogen) atoms. The molecule has 3 aliphatic heterocycles. The quantitative estimate of drug-likeness (QED) is 0.818. The highest BCUT2D eigenvalue weighted by atomic mass is 16.6. The second-order valence-corrected chi connectivity index (χ2v) is 6.40. The number of benzene rings is 1. The highest BCUT2D eigenvalue weighted by molar-refractivity contribution is 5.98. The Bertz CT molecular complexity index is 705. The fourth-order valence-electron chi connectivity index (χ4n) is 3.60. The molecule has 2 saturated heterocycles. The molecular weight excluding hydrogens is 310 g/mol. The number of rotatable bonds is 3. The van der Waals surface area contributed by atoms with Gasteiger partial charge >= 0.3 is 6.09 Å². The van der Waals surface area contributed by atoms with Crippen LogP contribution >= 0.6 is 0 Å². The van der Waals surface area contributed by atoms with E-state index in [2.05, 4.69) is 0 Å². The Morgan fingerprint density at radius 3 is 2.88 bits per heavy atom. The number of amides is 3. The van der Waals surface area contributed by atoms with Gasteiger partial charge in [0.05, 0.1) is 6.04 Å². The van der Waals surface area contributed by atoms with E-state index in [1.165, 1.54) is 0 Å². The van der Waals surface area contributed by atoms with Crippen molar-refractivity contribution in [3.8, 4) is 0 Å². The molecule has 3 heterocycles. The predicted octanol–water partition coefficient (Wildman–Crippen LogP) is 0.696. The zero-order valence-corrected chi connectivity index (χ0v) is 13.3. The van der Waals surface area contributed by atoms with Crippen LogP contribution in [0.5, 0.6) is 0 Å². The van der Waals surface area contributed by atoms with Crippen molar-refractivity contribution in [3.05, 3.63) is 35.4 Å². The van der Waals surface area contributed by atoms with Crippen molar-refractivity contribution < 1.29 is 19.1 Å². The Kier molecular flexibility index (Phi) is 3.63. The van der Waals surface area contributed by atoms with Crippen LogP contribution in [0.2, 0.25) is 0 Å². The average molecular weight is 329 g/mol. The van der Waals surface area contributed by atoms with Gasteiger partial charge in [0.15, 0.2) is 0 Å². The molecule has 0 unspecified atom stereocenters. The fraction of sp³-hybridized carbons (Fsp3) is 0.471. The molecule has 1 aromatic rings. The summed E-state index contributed by atoms with van der Waals surface area (Å²) in [4.78, 5) is 41.4. The van der Waals surface area contributed by atoms with Crippen LogP contribution in [0.4, 0.5) is 4.79 Å². The Hall–Kier alpha value is -2.57. The number of cyclic esters (lactones) is 1. The first-order chi connectivity index (χ1) is 11.6. The lowest BCUT2D eigenvalue weighted by Gasteiger charge is -2.35. The molecule has 7 heteroatoms. The van der Waals surface area contributed by atoms with Crippen LogP contribution in [-0.2, 0) is 16.1 Å². The molecule has 1 aromatic carbocycles. The van der Waals surface area contributed by atoms with Gasteiger partial charge in [-0.3, -0.25) is 14.5 Å². The summed E-state index contributed by atoms with van der Waals surface area (Å²) in [5, 5.41) is 0. The second-order valence-electron chi connectivity index (χ2n) is 6.40. The summed E-state index contributed by atoms with van der Waals surface area (Å²) < 4.78 is 5.02. The molecule has 0 N–H and O–H groups in total. The third-order valence-corrected chi connectivity index (χ3v) is 4.96. The number of ether oxygens (including phenoxy) is 1. The highest BCUT2D eigenvalue weighted by Gasteiger charge is 2.38. The van der Waals surface area contributed by atoms with Gasteiger partial charge in [0.25, 0.3) is 5.91 Å². The highest BCUT2D eigenvalue weighted by Crippen LogP contribution is 2.23. The lowest BCUT2D eigenvalue weighted by Crippen LogP contribution is -2.54. The molecule has 0 bridgehead atoms. The number of carbonyl (C=O) groups is 3. The summed E-state index contributed by atoms with van der Waals surface area (Å²) in [7, 11) is 0. The molecule has 0 aromatic heterocycles. The van der Waals surface area contributed by atoms with Crippen LogP contribution in [0.15, 0.2) is 24.3 Å². The molecule has 7 nitrogen and oxygen atoms in total. The normalized spacial score (nSPS) is 22.5. The summed E-state index contributed by atoms with van der Waals surface area (Å²) >= 11 is 0. The monoisotopic (exact) mass is 329 g/mol. The van der Waals surface area contributed by atoms with Crippen LogP contribution < -0.4 is 0 Å². The van der Waals surface area contributed by atoms with Crippen molar-refractivity contribution in [2.75, 3.05) is 32.8 Å². The Labute approximate surface area is 139 Å². The zero-order chi connectivity index (χ0) is 16.7. The van der Waals surface area contributed by atoms with E-state index in [9.17, 15) is 14.4 Å². The van der Waals surface area contributed by atoms with E-state index in [4.69, 9.17) is 4.74 Å².